The molecule has 0 spiro atoms. The van der Waals surface area contributed by atoms with Crippen LogP contribution in [-0.2, 0) is 4.79 Å². The molecule has 0 saturated heterocycles. The van der Waals surface area contributed by atoms with E-state index in [0.717, 1.165) is 0 Å². The lowest BCUT2D eigenvalue weighted by Crippen LogP contribution is -2.16. The van der Waals surface area contributed by atoms with E-state index in [0.29, 0.717) is 10.6 Å². The van der Waals surface area contributed by atoms with E-state index >= 15 is 0 Å². The molecule has 5 heteroatoms. The van der Waals surface area contributed by atoms with Gasteiger partial charge < -0.3 is 10.6 Å². The first-order chi connectivity index (χ1) is 6.13. The third-order valence-corrected chi connectivity index (χ3v) is 2.30. The van der Waals surface area contributed by atoms with Crippen LogP contribution in [0.3, 0.4) is 0 Å². The first-order valence-electron chi connectivity index (χ1n) is 3.71. The van der Waals surface area contributed by atoms with Crippen molar-refractivity contribution < 1.29 is 9.59 Å². The molecule has 0 radical (unpaired) electrons. The molecule has 2 N–H and O–H groups in total. The summed E-state index contributed by atoms with van der Waals surface area (Å²) in [4.78, 5) is 22.3. The van der Waals surface area contributed by atoms with Crippen molar-refractivity contribution in [3.05, 3.63) is 16.3 Å². The number of carbonyl (C=O) groups is 2. The molecule has 0 fully saturated rings. The Morgan fingerprint density at radius 3 is 2.69 bits per heavy atom. The quantitative estimate of drug-likeness (QED) is 0.746. The minimum atomic E-state index is -0.138. The fourth-order valence-electron chi connectivity index (χ4n) is 0.847. The van der Waals surface area contributed by atoms with Crippen LogP contribution in [0.4, 0.5) is 5.69 Å². The van der Waals surface area contributed by atoms with Crippen LogP contribution in [-0.4, -0.2) is 18.9 Å². The predicted molar refractivity (Wildman–Crippen MR) is 52.0 cm³/mol. The Bertz CT molecular complexity index is 333. The molecule has 0 aliphatic carbocycles. The van der Waals surface area contributed by atoms with Crippen molar-refractivity contribution in [2.75, 3.05) is 12.4 Å². The Morgan fingerprint density at radius 2 is 2.15 bits per heavy atom. The van der Waals surface area contributed by atoms with E-state index in [9.17, 15) is 9.59 Å². The number of amides is 2. The number of carbonyl (C=O) groups excluding carboxylic acids is 2. The number of thiophene rings is 1. The van der Waals surface area contributed by atoms with Crippen LogP contribution in [0.1, 0.15) is 16.6 Å². The van der Waals surface area contributed by atoms with Crippen LogP contribution < -0.4 is 10.6 Å². The molecule has 0 bridgehead atoms. The molecule has 2 amide bonds. The summed E-state index contributed by atoms with van der Waals surface area (Å²) in [5.41, 5.74) is 0.663. The molecule has 0 unspecified atom stereocenters. The fraction of sp³-hybridized carbons (Fsp3) is 0.250. The van der Waals surface area contributed by atoms with E-state index in [-0.39, 0.29) is 11.8 Å². The van der Waals surface area contributed by atoms with Gasteiger partial charge in [-0.05, 0) is 6.07 Å². The molecule has 70 valence electrons. The summed E-state index contributed by atoms with van der Waals surface area (Å²) in [6, 6.07) is 1.64. The highest BCUT2D eigenvalue weighted by molar-refractivity contribution is 7.12. The van der Waals surface area contributed by atoms with Gasteiger partial charge in [0.2, 0.25) is 5.91 Å². The lowest BCUT2D eigenvalue weighted by molar-refractivity contribution is -0.114. The molecule has 1 aromatic rings. The first kappa shape index (κ1) is 9.73. The van der Waals surface area contributed by atoms with E-state index in [4.69, 9.17) is 0 Å². The molecule has 0 aliphatic heterocycles. The van der Waals surface area contributed by atoms with Crippen molar-refractivity contribution in [1.29, 1.82) is 0 Å². The summed E-state index contributed by atoms with van der Waals surface area (Å²) in [5, 5.41) is 6.83. The number of rotatable bonds is 2. The van der Waals surface area contributed by atoms with Gasteiger partial charge in [-0.25, -0.2) is 0 Å². The molecule has 1 aromatic heterocycles. The second-order valence-corrected chi connectivity index (χ2v) is 3.37. The van der Waals surface area contributed by atoms with E-state index in [1.807, 2.05) is 0 Å². The number of anilines is 1. The van der Waals surface area contributed by atoms with Gasteiger partial charge in [0.05, 0.1) is 10.6 Å². The van der Waals surface area contributed by atoms with Crippen LogP contribution >= 0.6 is 11.3 Å². The van der Waals surface area contributed by atoms with Crippen molar-refractivity contribution in [1.82, 2.24) is 5.32 Å². The summed E-state index contributed by atoms with van der Waals surface area (Å²) in [6.45, 7) is 1.43. The average molecular weight is 198 g/mol. The Morgan fingerprint density at radius 1 is 1.46 bits per heavy atom. The topological polar surface area (TPSA) is 58.2 Å². The van der Waals surface area contributed by atoms with Crippen molar-refractivity contribution >= 4 is 28.8 Å². The van der Waals surface area contributed by atoms with Gasteiger partial charge in [0.1, 0.15) is 0 Å². The molecule has 0 atom stereocenters. The first-order valence-corrected chi connectivity index (χ1v) is 4.59. The average Bonchev–Trinajstić information content (AvgIpc) is 2.50. The maximum atomic E-state index is 11.1. The summed E-state index contributed by atoms with van der Waals surface area (Å²) in [7, 11) is 1.57. The fourth-order valence-corrected chi connectivity index (χ4v) is 1.63. The highest BCUT2D eigenvalue weighted by atomic mass is 32.1. The van der Waals surface area contributed by atoms with Crippen LogP contribution in [0, 0.1) is 0 Å². The molecule has 0 saturated carbocycles. The van der Waals surface area contributed by atoms with Gasteiger partial charge in [-0.15, -0.1) is 11.3 Å². The lowest BCUT2D eigenvalue weighted by Gasteiger charge is -1.95. The summed E-state index contributed by atoms with van der Waals surface area (Å²) >= 11 is 1.30. The highest BCUT2D eigenvalue weighted by Gasteiger charge is 2.06. The number of nitrogens with one attached hydrogen (secondary N) is 2. The molecule has 4 nitrogen and oxygen atoms in total. The van der Waals surface area contributed by atoms with E-state index < -0.39 is 0 Å². The lowest BCUT2D eigenvalue weighted by atomic mass is 10.4. The van der Waals surface area contributed by atoms with Gasteiger partial charge in [0.15, 0.2) is 0 Å². The Kier molecular flexibility index (Phi) is 3.02. The predicted octanol–water partition coefficient (Wildman–Crippen LogP) is 1.07. The van der Waals surface area contributed by atoms with Gasteiger partial charge in [-0.3, -0.25) is 9.59 Å². The van der Waals surface area contributed by atoms with Crippen LogP contribution in [0.25, 0.3) is 0 Å². The normalized spacial score (nSPS) is 9.38. The molecule has 1 heterocycles. The Labute approximate surface area is 80.0 Å². The summed E-state index contributed by atoms with van der Waals surface area (Å²) in [6.07, 6.45) is 0. The zero-order valence-electron chi connectivity index (χ0n) is 7.38. The van der Waals surface area contributed by atoms with Crippen molar-refractivity contribution in [2.45, 2.75) is 6.92 Å². The molecular formula is C8H10N2O2S. The minimum Gasteiger partial charge on any atom is -0.354 e. The second-order valence-electron chi connectivity index (χ2n) is 2.46. The van der Waals surface area contributed by atoms with Crippen molar-refractivity contribution in [2.24, 2.45) is 0 Å². The Hall–Kier alpha value is -1.36. The van der Waals surface area contributed by atoms with E-state index in [2.05, 4.69) is 10.6 Å². The van der Waals surface area contributed by atoms with Crippen LogP contribution in [0.5, 0.6) is 0 Å². The minimum absolute atomic E-state index is 0.137. The van der Waals surface area contributed by atoms with Crippen LogP contribution in [0.2, 0.25) is 0 Å². The van der Waals surface area contributed by atoms with E-state index in [1.54, 1.807) is 18.5 Å². The third-order valence-electron chi connectivity index (χ3n) is 1.37. The van der Waals surface area contributed by atoms with Gasteiger partial charge in [0, 0.05) is 19.4 Å². The maximum Gasteiger partial charge on any atom is 0.261 e. The monoisotopic (exact) mass is 198 g/mol. The zero-order valence-corrected chi connectivity index (χ0v) is 8.20. The largest absolute Gasteiger partial charge is 0.354 e. The molecule has 1 rings (SSSR count). The number of hydrogen-bond donors (Lipinski definition) is 2. The van der Waals surface area contributed by atoms with Gasteiger partial charge >= 0.3 is 0 Å². The molecule has 0 aromatic carbocycles. The second kappa shape index (κ2) is 4.04. The van der Waals surface area contributed by atoms with Gasteiger partial charge in [0.25, 0.3) is 5.91 Å². The maximum absolute atomic E-state index is 11.1. The highest BCUT2D eigenvalue weighted by Crippen LogP contribution is 2.18. The summed E-state index contributed by atoms with van der Waals surface area (Å²) < 4.78 is 0. The Balaban J connectivity index is 2.74. The van der Waals surface area contributed by atoms with Crippen molar-refractivity contribution in [3.8, 4) is 0 Å². The zero-order chi connectivity index (χ0) is 9.84. The van der Waals surface area contributed by atoms with Gasteiger partial charge in [-0.2, -0.15) is 0 Å². The molecule has 13 heavy (non-hydrogen) atoms. The summed E-state index contributed by atoms with van der Waals surface area (Å²) in [5.74, 6) is -0.275. The molecule has 0 aliphatic rings. The third kappa shape index (κ3) is 2.55. The van der Waals surface area contributed by atoms with Gasteiger partial charge in [-0.1, -0.05) is 0 Å². The van der Waals surface area contributed by atoms with Crippen molar-refractivity contribution in [3.63, 3.8) is 0 Å². The molecular weight excluding hydrogens is 188 g/mol. The smallest absolute Gasteiger partial charge is 0.261 e. The van der Waals surface area contributed by atoms with E-state index in [1.165, 1.54) is 18.3 Å². The SMILES string of the molecule is CNC(=O)c1cc(NC(C)=O)cs1. The standard InChI is InChI=1S/C8H10N2O2S/c1-5(11)10-6-3-7(13-4-6)8(12)9-2/h3-4H,1-2H3,(H,9,12)(H,10,11). The van der Waals surface area contributed by atoms with Crippen LogP contribution in [0.15, 0.2) is 11.4 Å². The number of hydrogen-bond acceptors (Lipinski definition) is 3.